The second kappa shape index (κ2) is 5.92. The average molecular weight is 323 g/mol. The molecule has 2 aromatic heterocycles. The number of pyridine rings is 1. The van der Waals surface area contributed by atoms with E-state index in [4.69, 9.17) is 4.74 Å². The number of aromatic nitrogens is 2. The number of nitrogens with one attached hydrogen (secondary N) is 2. The zero-order valence-corrected chi connectivity index (χ0v) is 13.8. The number of aliphatic hydroxyl groups is 1. The van der Waals surface area contributed by atoms with Crippen LogP contribution in [0.25, 0.3) is 10.9 Å². The van der Waals surface area contributed by atoms with Crippen LogP contribution in [0.2, 0.25) is 0 Å². The topological polar surface area (TPSA) is 70.2 Å². The van der Waals surface area contributed by atoms with Crippen molar-refractivity contribution in [1.29, 1.82) is 0 Å². The summed E-state index contributed by atoms with van der Waals surface area (Å²) in [5.74, 6) is 1.20. The van der Waals surface area contributed by atoms with Crippen molar-refractivity contribution in [1.82, 2.24) is 9.97 Å². The molecule has 1 atom stereocenters. The van der Waals surface area contributed by atoms with Crippen LogP contribution in [-0.2, 0) is 4.74 Å². The van der Waals surface area contributed by atoms with Crippen LogP contribution in [0.4, 0.5) is 11.5 Å². The summed E-state index contributed by atoms with van der Waals surface area (Å²) >= 11 is 0. The Morgan fingerprint density at radius 3 is 2.88 bits per heavy atom. The molecule has 0 amide bonds. The van der Waals surface area contributed by atoms with Crippen LogP contribution in [0.3, 0.4) is 0 Å². The van der Waals surface area contributed by atoms with Gasteiger partial charge in [-0.05, 0) is 61.6 Å². The lowest BCUT2D eigenvalue weighted by Crippen LogP contribution is -2.07. The first-order chi connectivity index (χ1) is 11.6. The van der Waals surface area contributed by atoms with Crippen LogP contribution in [0, 0.1) is 6.92 Å². The summed E-state index contributed by atoms with van der Waals surface area (Å²) < 4.78 is 5.11. The molecule has 1 aliphatic carbocycles. The predicted molar refractivity (Wildman–Crippen MR) is 94.5 cm³/mol. The lowest BCUT2D eigenvalue weighted by atomic mass is 10.1. The van der Waals surface area contributed by atoms with Gasteiger partial charge in [0.2, 0.25) is 0 Å². The molecule has 1 aliphatic rings. The zero-order chi connectivity index (χ0) is 16.7. The SMILES string of the molecule is CO[C@H](O)c1cc(C2CC2)cnc1Nc1ccc2[nH]c(C)cc2c1. The van der Waals surface area contributed by atoms with E-state index in [1.54, 1.807) is 0 Å². The van der Waals surface area contributed by atoms with Crippen molar-refractivity contribution in [2.45, 2.75) is 32.0 Å². The summed E-state index contributed by atoms with van der Waals surface area (Å²) in [6.45, 7) is 2.04. The Morgan fingerprint density at radius 2 is 2.12 bits per heavy atom. The van der Waals surface area contributed by atoms with Crippen LogP contribution in [0.5, 0.6) is 0 Å². The molecule has 3 aromatic rings. The summed E-state index contributed by atoms with van der Waals surface area (Å²) in [5, 5.41) is 14.6. The van der Waals surface area contributed by atoms with Crippen molar-refractivity contribution in [3.63, 3.8) is 0 Å². The molecule has 1 fully saturated rings. The minimum absolute atomic E-state index is 0.577. The number of aryl methyl sites for hydroxylation is 1. The Kier molecular flexibility index (Phi) is 3.75. The van der Waals surface area contributed by atoms with E-state index in [0.29, 0.717) is 17.3 Å². The predicted octanol–water partition coefficient (Wildman–Crippen LogP) is 4.13. The van der Waals surface area contributed by atoms with E-state index in [-0.39, 0.29) is 0 Å². The Bertz CT molecular complexity index is 883. The summed E-state index contributed by atoms with van der Waals surface area (Å²) in [6, 6.07) is 10.2. The number of methoxy groups -OCH3 is 1. The van der Waals surface area contributed by atoms with Crippen molar-refractivity contribution in [2.24, 2.45) is 0 Å². The third-order valence-corrected chi connectivity index (χ3v) is 4.49. The van der Waals surface area contributed by atoms with Crippen molar-refractivity contribution in [3.05, 3.63) is 53.3 Å². The second-order valence-corrected chi connectivity index (χ2v) is 6.45. The van der Waals surface area contributed by atoms with Gasteiger partial charge in [0, 0.05) is 35.6 Å². The van der Waals surface area contributed by atoms with Gasteiger partial charge in [0.25, 0.3) is 0 Å². The molecular weight excluding hydrogens is 302 g/mol. The number of fused-ring (bicyclic) bond motifs is 1. The fourth-order valence-electron chi connectivity index (χ4n) is 3.05. The maximum Gasteiger partial charge on any atom is 0.184 e. The van der Waals surface area contributed by atoms with Gasteiger partial charge in [-0.15, -0.1) is 0 Å². The third kappa shape index (κ3) is 2.88. The van der Waals surface area contributed by atoms with E-state index in [1.807, 2.05) is 31.3 Å². The molecule has 0 unspecified atom stereocenters. The highest BCUT2D eigenvalue weighted by atomic mass is 16.6. The number of ether oxygens (including phenoxy) is 1. The standard InChI is InChI=1S/C19H21N3O2/c1-11-7-13-8-15(5-6-17(13)21-11)22-18-16(19(23)24-2)9-14(10-20-18)12-3-4-12/h5-10,12,19,21,23H,3-4H2,1-2H3,(H,20,22)/t19-/m0/s1. The molecule has 124 valence electrons. The number of aliphatic hydroxyl groups excluding tert-OH is 1. The molecule has 1 aromatic carbocycles. The van der Waals surface area contributed by atoms with Gasteiger partial charge in [-0.25, -0.2) is 4.98 Å². The van der Waals surface area contributed by atoms with Gasteiger partial charge in [-0.1, -0.05) is 0 Å². The first-order valence-electron chi connectivity index (χ1n) is 8.21. The number of H-pyrrole nitrogens is 1. The lowest BCUT2D eigenvalue weighted by molar-refractivity contribution is -0.0766. The molecule has 5 nitrogen and oxygen atoms in total. The number of hydrogen-bond acceptors (Lipinski definition) is 4. The minimum atomic E-state index is -0.989. The van der Waals surface area contributed by atoms with Gasteiger partial charge in [0.05, 0.1) is 5.56 Å². The lowest BCUT2D eigenvalue weighted by Gasteiger charge is -2.16. The van der Waals surface area contributed by atoms with Gasteiger partial charge in [-0.3, -0.25) is 0 Å². The highest BCUT2D eigenvalue weighted by molar-refractivity contribution is 5.84. The Hall–Kier alpha value is -2.37. The van der Waals surface area contributed by atoms with Crippen LogP contribution in [0.15, 0.2) is 36.5 Å². The van der Waals surface area contributed by atoms with Gasteiger partial charge in [0.15, 0.2) is 6.29 Å². The van der Waals surface area contributed by atoms with E-state index < -0.39 is 6.29 Å². The summed E-state index contributed by atoms with van der Waals surface area (Å²) in [4.78, 5) is 7.84. The molecule has 1 saturated carbocycles. The molecular formula is C19H21N3O2. The van der Waals surface area contributed by atoms with E-state index in [0.717, 1.165) is 22.3 Å². The molecule has 0 bridgehead atoms. The van der Waals surface area contributed by atoms with E-state index in [9.17, 15) is 5.11 Å². The molecule has 4 rings (SSSR count). The first kappa shape index (κ1) is 15.2. The first-order valence-corrected chi connectivity index (χ1v) is 8.21. The molecule has 5 heteroatoms. The highest BCUT2D eigenvalue weighted by Gasteiger charge is 2.26. The summed E-state index contributed by atoms with van der Waals surface area (Å²) in [7, 11) is 1.49. The van der Waals surface area contributed by atoms with Gasteiger partial charge >= 0.3 is 0 Å². The number of rotatable bonds is 5. The van der Waals surface area contributed by atoms with Gasteiger partial charge < -0.3 is 20.1 Å². The molecule has 24 heavy (non-hydrogen) atoms. The normalized spacial score (nSPS) is 15.6. The fraction of sp³-hybridized carbons (Fsp3) is 0.316. The minimum Gasteiger partial charge on any atom is -0.364 e. The molecule has 0 spiro atoms. The molecule has 3 N–H and O–H groups in total. The van der Waals surface area contributed by atoms with E-state index in [2.05, 4.69) is 27.4 Å². The number of benzene rings is 1. The van der Waals surface area contributed by atoms with Gasteiger partial charge in [0.1, 0.15) is 5.82 Å². The fourth-order valence-corrected chi connectivity index (χ4v) is 3.05. The van der Waals surface area contributed by atoms with E-state index >= 15 is 0 Å². The number of hydrogen-bond donors (Lipinski definition) is 3. The summed E-state index contributed by atoms with van der Waals surface area (Å²) in [5.41, 5.74) is 5.00. The van der Waals surface area contributed by atoms with Crippen LogP contribution in [0.1, 0.15) is 41.9 Å². The van der Waals surface area contributed by atoms with Crippen LogP contribution < -0.4 is 5.32 Å². The molecule has 0 radical (unpaired) electrons. The number of anilines is 2. The summed E-state index contributed by atoms with van der Waals surface area (Å²) in [6.07, 6.45) is 3.29. The Morgan fingerprint density at radius 1 is 1.29 bits per heavy atom. The molecule has 0 saturated heterocycles. The Labute approximate surface area is 140 Å². The largest absolute Gasteiger partial charge is 0.364 e. The van der Waals surface area contributed by atoms with Crippen LogP contribution >= 0.6 is 0 Å². The third-order valence-electron chi connectivity index (χ3n) is 4.49. The smallest absolute Gasteiger partial charge is 0.184 e. The van der Waals surface area contributed by atoms with E-state index in [1.165, 1.54) is 25.5 Å². The highest BCUT2D eigenvalue weighted by Crippen LogP contribution is 2.41. The number of nitrogens with zero attached hydrogens (tertiary/aromatic N) is 1. The van der Waals surface area contributed by atoms with Crippen molar-refractivity contribution < 1.29 is 9.84 Å². The van der Waals surface area contributed by atoms with Crippen LogP contribution in [-0.4, -0.2) is 22.2 Å². The maximum atomic E-state index is 10.2. The van der Waals surface area contributed by atoms with Crippen molar-refractivity contribution >= 4 is 22.4 Å². The Balaban J connectivity index is 1.68. The van der Waals surface area contributed by atoms with Gasteiger partial charge in [-0.2, -0.15) is 0 Å². The zero-order valence-electron chi connectivity index (χ0n) is 13.8. The average Bonchev–Trinajstić information content (AvgIpc) is 3.36. The molecule has 2 heterocycles. The quantitative estimate of drug-likeness (QED) is 0.617. The number of aromatic amines is 1. The molecule has 0 aliphatic heterocycles. The maximum absolute atomic E-state index is 10.2. The van der Waals surface area contributed by atoms with Crippen molar-refractivity contribution in [3.8, 4) is 0 Å². The second-order valence-electron chi connectivity index (χ2n) is 6.45. The van der Waals surface area contributed by atoms with Crippen molar-refractivity contribution in [2.75, 3.05) is 12.4 Å². The monoisotopic (exact) mass is 323 g/mol.